The van der Waals surface area contributed by atoms with Gasteiger partial charge in [0, 0.05) is 11.8 Å². The summed E-state index contributed by atoms with van der Waals surface area (Å²) in [6, 6.07) is 19.2. The van der Waals surface area contributed by atoms with Gasteiger partial charge in [-0.15, -0.1) is 0 Å². The zero-order valence-electron chi connectivity index (χ0n) is 22.0. The van der Waals surface area contributed by atoms with Crippen LogP contribution in [-0.2, 0) is 27.2 Å². The first-order chi connectivity index (χ1) is 17.2. The van der Waals surface area contributed by atoms with Gasteiger partial charge in [-0.2, -0.15) is 0 Å². The first kappa shape index (κ1) is 29.2. The molecule has 0 bridgehead atoms. The van der Waals surface area contributed by atoms with Crippen molar-refractivity contribution in [3.8, 4) is 0 Å². The molecule has 3 N–H and O–H groups in total. The second kappa shape index (κ2) is 15.2. The van der Waals surface area contributed by atoms with Crippen LogP contribution in [0.15, 0.2) is 60.7 Å². The first-order valence-corrected chi connectivity index (χ1v) is 13.0. The Morgan fingerprint density at radius 2 is 1.39 bits per heavy atom. The Kier molecular flexibility index (Phi) is 12.3. The van der Waals surface area contributed by atoms with Crippen molar-refractivity contribution in [3.63, 3.8) is 0 Å². The van der Waals surface area contributed by atoms with E-state index in [9.17, 15) is 19.5 Å². The fourth-order valence-corrected chi connectivity index (χ4v) is 4.37. The van der Waals surface area contributed by atoms with Crippen LogP contribution in [0.1, 0.15) is 51.7 Å². The summed E-state index contributed by atoms with van der Waals surface area (Å²) in [7, 11) is 0. The number of carbonyl (C=O) groups excluding carboxylic acids is 3. The van der Waals surface area contributed by atoms with Crippen molar-refractivity contribution < 1.29 is 19.5 Å². The van der Waals surface area contributed by atoms with Crippen molar-refractivity contribution in [2.24, 2.45) is 23.7 Å². The number of hydrogen-bond acceptors (Lipinski definition) is 4. The smallest absolute Gasteiger partial charge is 0.239 e. The highest BCUT2D eigenvalue weighted by atomic mass is 16.3. The van der Waals surface area contributed by atoms with E-state index in [0.29, 0.717) is 25.7 Å². The van der Waals surface area contributed by atoms with Crippen molar-refractivity contribution in [2.45, 2.75) is 65.5 Å². The van der Waals surface area contributed by atoms with Crippen LogP contribution in [0.25, 0.3) is 0 Å². The molecule has 2 amide bonds. The van der Waals surface area contributed by atoms with Crippen molar-refractivity contribution in [1.29, 1.82) is 0 Å². The normalized spacial score (nSPS) is 13.9. The molecule has 6 nitrogen and oxygen atoms in total. The molecule has 0 aliphatic rings. The monoisotopic (exact) mass is 494 g/mol. The van der Waals surface area contributed by atoms with Crippen LogP contribution in [0.2, 0.25) is 0 Å². The molecule has 36 heavy (non-hydrogen) atoms. The largest absolute Gasteiger partial charge is 0.391 e. The van der Waals surface area contributed by atoms with Gasteiger partial charge in [-0.1, -0.05) is 88.4 Å². The van der Waals surface area contributed by atoms with Crippen molar-refractivity contribution >= 4 is 18.1 Å². The van der Waals surface area contributed by atoms with Gasteiger partial charge in [0.1, 0.15) is 6.29 Å². The van der Waals surface area contributed by atoms with Gasteiger partial charge in [-0.25, -0.2) is 0 Å². The molecule has 0 heterocycles. The van der Waals surface area contributed by atoms with Crippen molar-refractivity contribution in [2.75, 3.05) is 6.54 Å². The molecule has 0 saturated carbocycles. The second-order valence-corrected chi connectivity index (χ2v) is 10.4. The highest BCUT2D eigenvalue weighted by Gasteiger charge is 2.27. The molecule has 0 fully saturated rings. The predicted molar refractivity (Wildman–Crippen MR) is 143 cm³/mol. The summed E-state index contributed by atoms with van der Waals surface area (Å²) in [6.07, 6.45) is 2.05. The van der Waals surface area contributed by atoms with E-state index >= 15 is 0 Å². The number of benzene rings is 2. The zero-order chi connectivity index (χ0) is 26.5. The van der Waals surface area contributed by atoms with Gasteiger partial charge in [0.25, 0.3) is 0 Å². The Labute approximate surface area is 215 Å². The van der Waals surface area contributed by atoms with E-state index in [1.807, 2.05) is 88.4 Å². The van der Waals surface area contributed by atoms with E-state index in [2.05, 4.69) is 10.6 Å². The zero-order valence-corrected chi connectivity index (χ0v) is 22.0. The molecule has 0 unspecified atom stereocenters. The number of nitrogens with one attached hydrogen (secondary N) is 2. The van der Waals surface area contributed by atoms with Crippen LogP contribution in [0.4, 0.5) is 0 Å². The Morgan fingerprint density at radius 1 is 0.861 bits per heavy atom. The van der Waals surface area contributed by atoms with Gasteiger partial charge in [0.05, 0.1) is 18.7 Å². The average Bonchev–Trinajstić information content (AvgIpc) is 2.85. The van der Waals surface area contributed by atoms with E-state index < -0.39 is 12.1 Å². The lowest BCUT2D eigenvalue weighted by Crippen LogP contribution is -2.49. The molecule has 2 rings (SSSR count). The number of carbonyl (C=O) groups is 3. The highest BCUT2D eigenvalue weighted by Crippen LogP contribution is 2.20. The van der Waals surface area contributed by atoms with Gasteiger partial charge >= 0.3 is 0 Å². The van der Waals surface area contributed by atoms with Crippen molar-refractivity contribution in [1.82, 2.24) is 10.6 Å². The highest BCUT2D eigenvalue weighted by molar-refractivity contribution is 5.86. The van der Waals surface area contributed by atoms with Gasteiger partial charge in [0.2, 0.25) is 11.8 Å². The maximum Gasteiger partial charge on any atom is 0.239 e. The SMILES string of the molecule is CC(C)C[C@H](NC(=O)CNC(=O)C(Cc1ccccc1)Cc1ccccc1)[C@@H](O)C[C@H](C=O)C(C)C. The fraction of sp³-hybridized carbons (Fsp3) is 0.500. The Hall–Kier alpha value is -2.99. The molecular formula is C30H42N2O4. The Bertz CT molecular complexity index is 889. The molecule has 2 aromatic rings. The fourth-order valence-electron chi connectivity index (χ4n) is 4.37. The van der Waals surface area contributed by atoms with E-state index in [1.165, 1.54) is 0 Å². The molecule has 0 spiro atoms. The summed E-state index contributed by atoms with van der Waals surface area (Å²) < 4.78 is 0. The molecule has 2 aromatic carbocycles. The Morgan fingerprint density at radius 3 is 1.83 bits per heavy atom. The number of amides is 2. The number of aldehydes is 1. The van der Waals surface area contributed by atoms with Gasteiger partial charge in [0.15, 0.2) is 0 Å². The maximum atomic E-state index is 13.1. The van der Waals surface area contributed by atoms with Crippen LogP contribution < -0.4 is 10.6 Å². The lowest BCUT2D eigenvalue weighted by Gasteiger charge is -2.28. The minimum absolute atomic E-state index is 0.109. The Balaban J connectivity index is 2.01. The van der Waals surface area contributed by atoms with Crippen LogP contribution in [0.5, 0.6) is 0 Å². The quantitative estimate of drug-likeness (QED) is 0.327. The van der Waals surface area contributed by atoms with Gasteiger partial charge in [-0.3, -0.25) is 9.59 Å². The topological polar surface area (TPSA) is 95.5 Å². The van der Waals surface area contributed by atoms with Crippen LogP contribution >= 0.6 is 0 Å². The molecule has 0 aliphatic carbocycles. The molecule has 0 aliphatic heterocycles. The minimum Gasteiger partial charge on any atom is -0.391 e. The molecule has 196 valence electrons. The van der Waals surface area contributed by atoms with Crippen LogP contribution in [-0.4, -0.2) is 41.9 Å². The van der Waals surface area contributed by atoms with Crippen molar-refractivity contribution in [3.05, 3.63) is 71.8 Å². The third kappa shape index (κ3) is 10.3. The van der Waals surface area contributed by atoms with E-state index in [1.54, 1.807) is 0 Å². The van der Waals surface area contributed by atoms with Crippen LogP contribution in [0.3, 0.4) is 0 Å². The summed E-state index contributed by atoms with van der Waals surface area (Å²) in [5.41, 5.74) is 2.13. The molecule has 0 aromatic heterocycles. The second-order valence-electron chi connectivity index (χ2n) is 10.4. The molecule has 6 heteroatoms. The van der Waals surface area contributed by atoms with Gasteiger partial charge < -0.3 is 20.5 Å². The first-order valence-electron chi connectivity index (χ1n) is 13.0. The molecule has 0 radical (unpaired) electrons. The van der Waals surface area contributed by atoms with E-state index in [-0.39, 0.29) is 42.0 Å². The summed E-state index contributed by atoms with van der Waals surface area (Å²) in [5.74, 6) is -0.771. The number of aliphatic hydroxyl groups excluding tert-OH is 1. The third-order valence-electron chi connectivity index (χ3n) is 6.52. The van der Waals surface area contributed by atoms with E-state index in [0.717, 1.165) is 17.4 Å². The van der Waals surface area contributed by atoms with Gasteiger partial charge in [-0.05, 0) is 48.6 Å². The summed E-state index contributed by atoms with van der Waals surface area (Å²) in [5, 5.41) is 16.5. The van der Waals surface area contributed by atoms with E-state index in [4.69, 9.17) is 0 Å². The predicted octanol–water partition coefficient (Wildman–Crippen LogP) is 3.96. The standard InChI is InChI=1S/C30H42N2O4/c1-21(2)15-27(28(34)18-26(20-33)22(3)4)32-29(35)19-31-30(36)25(16-23-11-7-5-8-12-23)17-24-13-9-6-10-14-24/h5-14,20-22,25-28,34H,15-19H2,1-4H3,(H,31,36)(H,32,35)/t26-,27+,28+/m1/s1. The summed E-state index contributed by atoms with van der Waals surface area (Å²) in [6.45, 7) is 7.76. The molecule has 0 saturated heterocycles. The summed E-state index contributed by atoms with van der Waals surface area (Å²) >= 11 is 0. The lowest BCUT2D eigenvalue weighted by atomic mass is 9.87. The third-order valence-corrected chi connectivity index (χ3v) is 6.52. The number of hydrogen-bond donors (Lipinski definition) is 3. The molecular weight excluding hydrogens is 452 g/mol. The number of rotatable bonds is 15. The lowest BCUT2D eigenvalue weighted by molar-refractivity contribution is -0.129. The summed E-state index contributed by atoms with van der Waals surface area (Å²) in [4.78, 5) is 37.3. The maximum absolute atomic E-state index is 13.1. The average molecular weight is 495 g/mol. The minimum atomic E-state index is -0.839. The van der Waals surface area contributed by atoms with Crippen LogP contribution in [0, 0.1) is 23.7 Å². The molecule has 3 atom stereocenters. The number of aliphatic hydroxyl groups is 1.